The van der Waals surface area contributed by atoms with Gasteiger partial charge in [0.2, 0.25) is 0 Å². The van der Waals surface area contributed by atoms with Crippen LogP contribution in [0.1, 0.15) is 37.8 Å². The first-order valence-electron chi connectivity index (χ1n) is 6.39. The van der Waals surface area contributed by atoms with E-state index >= 15 is 0 Å². The van der Waals surface area contributed by atoms with Crippen molar-refractivity contribution in [1.82, 2.24) is 0 Å². The molecule has 0 amide bonds. The van der Waals surface area contributed by atoms with E-state index in [1.54, 1.807) is 0 Å². The standard InChI is InChI=1S/C14H21NOS/c1-2-9-17-10-14(15)11-3-5-12(6-4-11)16-13-7-8-13/h3-6,13-14H,2,7-10,15H2,1H3. The molecule has 2 nitrogen and oxygen atoms in total. The Bertz CT molecular complexity index is 335. The highest BCUT2D eigenvalue weighted by atomic mass is 32.2. The molecular weight excluding hydrogens is 230 g/mol. The van der Waals surface area contributed by atoms with Crippen molar-refractivity contribution in [1.29, 1.82) is 0 Å². The molecule has 0 heterocycles. The van der Waals surface area contributed by atoms with Gasteiger partial charge in [-0.1, -0.05) is 19.1 Å². The smallest absolute Gasteiger partial charge is 0.119 e. The number of hydrogen-bond acceptors (Lipinski definition) is 3. The topological polar surface area (TPSA) is 35.2 Å². The van der Waals surface area contributed by atoms with Crippen LogP contribution in [0.2, 0.25) is 0 Å². The summed E-state index contributed by atoms with van der Waals surface area (Å²) in [6.07, 6.45) is 4.09. The number of thioether (sulfide) groups is 1. The SMILES string of the molecule is CCCSCC(N)c1ccc(OC2CC2)cc1. The minimum absolute atomic E-state index is 0.140. The van der Waals surface area contributed by atoms with Gasteiger partial charge in [-0.2, -0.15) is 11.8 Å². The van der Waals surface area contributed by atoms with Crippen molar-refractivity contribution < 1.29 is 4.74 Å². The fourth-order valence-electron chi connectivity index (χ4n) is 1.62. The van der Waals surface area contributed by atoms with Crippen LogP contribution >= 0.6 is 11.8 Å². The van der Waals surface area contributed by atoms with Gasteiger partial charge >= 0.3 is 0 Å². The normalized spacial score (nSPS) is 16.8. The van der Waals surface area contributed by atoms with Crippen molar-refractivity contribution in [3.05, 3.63) is 29.8 Å². The molecule has 0 spiro atoms. The molecular formula is C14H21NOS. The van der Waals surface area contributed by atoms with E-state index in [9.17, 15) is 0 Å². The Kier molecular flexibility index (Phi) is 4.75. The predicted molar refractivity (Wildman–Crippen MR) is 74.6 cm³/mol. The van der Waals surface area contributed by atoms with Gasteiger partial charge in [0.25, 0.3) is 0 Å². The van der Waals surface area contributed by atoms with Crippen molar-refractivity contribution in [3.63, 3.8) is 0 Å². The summed E-state index contributed by atoms with van der Waals surface area (Å²) in [5, 5.41) is 0. The Morgan fingerprint density at radius 2 is 2.06 bits per heavy atom. The zero-order valence-corrected chi connectivity index (χ0v) is 11.2. The first-order chi connectivity index (χ1) is 8.29. The number of nitrogens with two attached hydrogens (primary N) is 1. The van der Waals surface area contributed by atoms with Crippen LogP contribution in [0.15, 0.2) is 24.3 Å². The third-order valence-electron chi connectivity index (χ3n) is 2.78. The van der Waals surface area contributed by atoms with Gasteiger partial charge in [0.15, 0.2) is 0 Å². The van der Waals surface area contributed by atoms with Gasteiger partial charge in [-0.3, -0.25) is 0 Å². The molecule has 1 aromatic carbocycles. The van der Waals surface area contributed by atoms with Gasteiger partial charge in [0, 0.05) is 11.8 Å². The van der Waals surface area contributed by atoms with Crippen LogP contribution < -0.4 is 10.5 Å². The molecule has 1 saturated carbocycles. The molecule has 1 fully saturated rings. The lowest BCUT2D eigenvalue weighted by Gasteiger charge is -2.12. The molecule has 17 heavy (non-hydrogen) atoms. The quantitative estimate of drug-likeness (QED) is 0.755. The number of hydrogen-bond donors (Lipinski definition) is 1. The molecule has 1 aliphatic rings. The van der Waals surface area contributed by atoms with E-state index in [0.29, 0.717) is 6.10 Å². The third-order valence-corrected chi connectivity index (χ3v) is 4.07. The van der Waals surface area contributed by atoms with Gasteiger partial charge < -0.3 is 10.5 Å². The highest BCUT2D eigenvalue weighted by molar-refractivity contribution is 7.99. The second-order valence-electron chi connectivity index (χ2n) is 4.57. The van der Waals surface area contributed by atoms with Crippen molar-refractivity contribution in [2.45, 2.75) is 38.3 Å². The summed E-state index contributed by atoms with van der Waals surface area (Å²) < 4.78 is 5.71. The van der Waals surface area contributed by atoms with Gasteiger partial charge in [0.1, 0.15) is 5.75 Å². The van der Waals surface area contributed by atoms with E-state index in [-0.39, 0.29) is 6.04 Å². The lowest BCUT2D eigenvalue weighted by Crippen LogP contribution is -2.13. The van der Waals surface area contributed by atoms with E-state index in [1.807, 2.05) is 23.9 Å². The van der Waals surface area contributed by atoms with Gasteiger partial charge in [0.05, 0.1) is 6.10 Å². The van der Waals surface area contributed by atoms with Crippen molar-refractivity contribution >= 4 is 11.8 Å². The summed E-state index contributed by atoms with van der Waals surface area (Å²) in [5.41, 5.74) is 7.34. The second kappa shape index (κ2) is 6.31. The minimum atomic E-state index is 0.140. The molecule has 1 unspecified atom stereocenters. The van der Waals surface area contributed by atoms with E-state index < -0.39 is 0 Å². The van der Waals surface area contributed by atoms with Crippen LogP contribution in [-0.2, 0) is 0 Å². The lowest BCUT2D eigenvalue weighted by atomic mass is 10.1. The largest absolute Gasteiger partial charge is 0.490 e. The molecule has 3 heteroatoms. The van der Waals surface area contributed by atoms with Crippen LogP contribution in [-0.4, -0.2) is 17.6 Å². The number of benzene rings is 1. The fourth-order valence-corrected chi connectivity index (χ4v) is 2.52. The first-order valence-corrected chi connectivity index (χ1v) is 7.55. The Morgan fingerprint density at radius 1 is 1.35 bits per heavy atom. The average Bonchev–Trinajstić information content (AvgIpc) is 3.14. The van der Waals surface area contributed by atoms with Crippen molar-refractivity contribution in [3.8, 4) is 5.75 Å². The minimum Gasteiger partial charge on any atom is -0.490 e. The fraction of sp³-hybridized carbons (Fsp3) is 0.571. The van der Waals surface area contributed by atoms with Gasteiger partial charge in [-0.25, -0.2) is 0 Å². The van der Waals surface area contributed by atoms with Crippen LogP contribution in [0.3, 0.4) is 0 Å². The van der Waals surface area contributed by atoms with Gasteiger partial charge in [-0.05, 0) is 42.7 Å². The number of ether oxygens (including phenoxy) is 1. The predicted octanol–water partition coefficient (Wildman–Crippen LogP) is 3.37. The molecule has 0 aromatic heterocycles. The monoisotopic (exact) mass is 251 g/mol. The molecule has 2 N–H and O–H groups in total. The zero-order valence-electron chi connectivity index (χ0n) is 10.4. The van der Waals surface area contributed by atoms with Crippen molar-refractivity contribution in [2.75, 3.05) is 11.5 Å². The summed E-state index contributed by atoms with van der Waals surface area (Å²) in [5.74, 6) is 3.16. The molecule has 1 aliphatic carbocycles. The van der Waals surface area contributed by atoms with Crippen molar-refractivity contribution in [2.24, 2.45) is 5.73 Å². The Balaban J connectivity index is 1.82. The summed E-state index contributed by atoms with van der Waals surface area (Å²) in [6, 6.07) is 8.40. The highest BCUT2D eigenvalue weighted by Crippen LogP contribution is 2.27. The molecule has 1 atom stereocenters. The van der Waals surface area contributed by atoms with Crippen LogP contribution in [0, 0.1) is 0 Å². The molecule has 0 radical (unpaired) electrons. The number of rotatable bonds is 7. The lowest BCUT2D eigenvalue weighted by molar-refractivity contribution is 0.303. The van der Waals surface area contributed by atoms with E-state index in [4.69, 9.17) is 10.5 Å². The summed E-state index contributed by atoms with van der Waals surface area (Å²) >= 11 is 1.92. The van der Waals surface area contributed by atoms with E-state index in [1.165, 1.54) is 30.6 Å². The summed E-state index contributed by atoms with van der Waals surface area (Å²) in [6.45, 7) is 2.20. The molecule has 2 rings (SSSR count). The Morgan fingerprint density at radius 3 is 2.65 bits per heavy atom. The van der Waals surface area contributed by atoms with Crippen LogP contribution in [0.25, 0.3) is 0 Å². The maximum atomic E-state index is 6.14. The Hall–Kier alpha value is -0.670. The first kappa shape index (κ1) is 12.8. The maximum Gasteiger partial charge on any atom is 0.119 e. The van der Waals surface area contributed by atoms with Crippen LogP contribution in [0.4, 0.5) is 0 Å². The van der Waals surface area contributed by atoms with Gasteiger partial charge in [-0.15, -0.1) is 0 Å². The molecule has 0 bridgehead atoms. The summed E-state index contributed by atoms with van der Waals surface area (Å²) in [4.78, 5) is 0. The van der Waals surface area contributed by atoms with E-state index in [2.05, 4.69) is 19.1 Å². The van der Waals surface area contributed by atoms with E-state index in [0.717, 1.165) is 11.5 Å². The zero-order chi connectivity index (χ0) is 12.1. The molecule has 0 aliphatic heterocycles. The molecule has 1 aromatic rings. The highest BCUT2D eigenvalue weighted by Gasteiger charge is 2.23. The third kappa shape index (κ3) is 4.25. The molecule has 0 saturated heterocycles. The maximum absolute atomic E-state index is 6.14. The summed E-state index contributed by atoms with van der Waals surface area (Å²) in [7, 11) is 0. The van der Waals surface area contributed by atoms with Crippen LogP contribution in [0.5, 0.6) is 5.75 Å². The Labute approximate surface area is 108 Å². The molecule has 94 valence electrons. The second-order valence-corrected chi connectivity index (χ2v) is 5.72. The average molecular weight is 251 g/mol.